The summed E-state index contributed by atoms with van der Waals surface area (Å²) >= 11 is 0. The van der Waals surface area contributed by atoms with Gasteiger partial charge in [-0.25, -0.2) is 18.9 Å². The summed E-state index contributed by atoms with van der Waals surface area (Å²) in [5.41, 5.74) is 10.2. The second-order valence-corrected chi connectivity index (χ2v) is 13.5. The van der Waals surface area contributed by atoms with Crippen molar-refractivity contribution in [3.63, 3.8) is 0 Å². The van der Waals surface area contributed by atoms with Crippen molar-refractivity contribution in [3.8, 4) is 0 Å². The molecule has 0 radical (unpaired) electrons. The number of primary amides is 1. The Morgan fingerprint density at radius 3 is 1.43 bits per heavy atom. The van der Waals surface area contributed by atoms with Gasteiger partial charge in [0.25, 0.3) is 5.91 Å². The van der Waals surface area contributed by atoms with Gasteiger partial charge in [-0.05, 0) is 35.6 Å². The van der Waals surface area contributed by atoms with Gasteiger partial charge < -0.3 is 15.2 Å². The molecule has 56 heavy (non-hydrogen) atoms. The summed E-state index contributed by atoms with van der Waals surface area (Å²) in [6.07, 6.45) is -1.25. The van der Waals surface area contributed by atoms with E-state index >= 15 is 4.79 Å². The molecule has 3 atom stereocenters. The molecule has 0 bridgehead atoms. The van der Waals surface area contributed by atoms with Crippen LogP contribution < -0.4 is 16.4 Å². The highest BCUT2D eigenvalue weighted by atomic mass is 16.6. The number of likely N-dealkylation sites (N-methyl/N-ethyl adjacent to an activating group) is 1. The Hall–Kier alpha value is -6.59. The number of carbonyl (C=O) groups is 4. The summed E-state index contributed by atoms with van der Waals surface area (Å²) in [6, 6.07) is 45.4. The molecule has 0 saturated heterocycles. The molecule has 0 aliphatic rings. The molecule has 0 spiro atoms. The second kappa shape index (κ2) is 20.2. The van der Waals surface area contributed by atoms with Gasteiger partial charge >= 0.3 is 18.1 Å². The van der Waals surface area contributed by atoms with Crippen molar-refractivity contribution in [3.05, 3.63) is 179 Å². The number of nitrogens with one attached hydrogen (secondary N) is 2. The van der Waals surface area contributed by atoms with Crippen LogP contribution in [0.15, 0.2) is 157 Å². The summed E-state index contributed by atoms with van der Waals surface area (Å²) in [4.78, 5) is 58.9. The zero-order valence-corrected chi connectivity index (χ0v) is 31.6. The van der Waals surface area contributed by atoms with Gasteiger partial charge in [-0.1, -0.05) is 152 Å². The predicted molar refractivity (Wildman–Crippen MR) is 215 cm³/mol. The van der Waals surface area contributed by atoms with Crippen molar-refractivity contribution in [2.45, 2.75) is 51.0 Å². The maximum atomic E-state index is 15.3. The number of benzene rings is 5. The molecule has 4 N–H and O–H groups in total. The summed E-state index contributed by atoms with van der Waals surface area (Å²) in [5.74, 6) is -1.73. The largest absolute Gasteiger partial charge is 0.444 e. The van der Waals surface area contributed by atoms with Crippen LogP contribution in [0, 0.1) is 0 Å². The number of rotatable bonds is 15. The van der Waals surface area contributed by atoms with Crippen molar-refractivity contribution in [2.75, 3.05) is 13.6 Å². The summed E-state index contributed by atoms with van der Waals surface area (Å²) in [6.45, 7) is 1.97. The number of carbonyl (C=O) groups excluding carboxylic acids is 4. The average molecular weight is 755 g/mol. The molecule has 0 aliphatic heterocycles. The van der Waals surface area contributed by atoms with Crippen LogP contribution in [0.25, 0.3) is 0 Å². The van der Waals surface area contributed by atoms with Gasteiger partial charge in [0.2, 0.25) is 5.96 Å². The lowest BCUT2D eigenvalue weighted by molar-refractivity contribution is -0.881. The number of ether oxygens (including phenoxy) is 2. The third kappa shape index (κ3) is 11.0. The quantitative estimate of drug-likeness (QED) is 0.0439. The number of hydrogen-bond donors (Lipinski definition) is 3. The van der Waals surface area contributed by atoms with E-state index in [0.717, 1.165) is 27.8 Å². The van der Waals surface area contributed by atoms with Gasteiger partial charge in [-0.3, -0.25) is 20.4 Å². The predicted octanol–water partition coefficient (Wildman–Crippen LogP) is 7.40. The zero-order valence-electron chi connectivity index (χ0n) is 31.6. The molecule has 11 heteroatoms. The van der Waals surface area contributed by atoms with Crippen LogP contribution in [0.5, 0.6) is 0 Å². The van der Waals surface area contributed by atoms with Crippen LogP contribution in [0.2, 0.25) is 0 Å². The molecule has 0 heterocycles. The van der Waals surface area contributed by atoms with E-state index in [4.69, 9.17) is 15.2 Å². The minimum atomic E-state index is -0.973. The van der Waals surface area contributed by atoms with Crippen LogP contribution in [-0.2, 0) is 32.3 Å². The van der Waals surface area contributed by atoms with E-state index in [-0.39, 0.29) is 48.9 Å². The first-order valence-corrected chi connectivity index (χ1v) is 18.5. The Labute approximate surface area is 327 Å². The molecule has 0 saturated carbocycles. The van der Waals surface area contributed by atoms with Gasteiger partial charge in [0, 0.05) is 18.5 Å². The smallest absolute Gasteiger partial charge is 0.414 e. The lowest BCUT2D eigenvalue weighted by atomic mass is 9.86. The van der Waals surface area contributed by atoms with E-state index in [2.05, 4.69) is 15.6 Å². The Balaban J connectivity index is 1.39. The number of nitrogens with zero attached hydrogens (tertiary/aromatic N) is 2. The van der Waals surface area contributed by atoms with Gasteiger partial charge in [-0.15, -0.1) is 0 Å². The molecular formula is C45H48N5O6+. The third-order valence-corrected chi connectivity index (χ3v) is 9.82. The van der Waals surface area contributed by atoms with Crippen molar-refractivity contribution in [1.29, 1.82) is 0 Å². The highest BCUT2D eigenvalue weighted by Crippen LogP contribution is 2.38. The van der Waals surface area contributed by atoms with E-state index in [1.54, 1.807) is 7.05 Å². The van der Waals surface area contributed by atoms with Crippen molar-refractivity contribution >= 4 is 30.0 Å². The molecule has 0 aromatic heterocycles. The maximum Gasteiger partial charge on any atom is 0.414 e. The molecule has 0 aliphatic carbocycles. The average Bonchev–Trinajstić information content (AvgIpc) is 3.23. The molecular weight excluding hydrogens is 707 g/mol. The Kier molecular flexibility index (Phi) is 14.6. The zero-order chi connectivity index (χ0) is 39.8. The topological polar surface area (TPSA) is 149 Å². The van der Waals surface area contributed by atoms with Crippen LogP contribution in [0.1, 0.15) is 59.5 Å². The standard InChI is InChI=1S/C45H47N5O6/c1-33(36-23-12-5-13-24-36)50(2,42(52)40(37-25-14-6-15-26-37)38-27-16-7-17-28-38)39(41(46)51)29-18-30-47-43(48-44(53)55-31-34-19-8-3-9-20-34)49-45(54)56-32-35-21-10-4-11-22-35/h3-17,19-28,33,39-40H,18,29-32H2,1-2H3,(H3-,46,47,48,49,51,53,54)/p+1/t33?,39-,50+/m0/s1. The Morgan fingerprint density at radius 2 is 1.02 bits per heavy atom. The van der Waals surface area contributed by atoms with E-state index in [1.165, 1.54) is 0 Å². The summed E-state index contributed by atoms with van der Waals surface area (Å²) in [5, 5.41) is 4.99. The van der Waals surface area contributed by atoms with E-state index in [9.17, 15) is 14.4 Å². The van der Waals surface area contributed by atoms with Crippen LogP contribution in [-0.4, -0.2) is 54.1 Å². The lowest BCUT2D eigenvalue weighted by Gasteiger charge is -2.44. The SMILES string of the molecule is CC(c1ccccc1)[N@@+](C)(C(=O)C(c1ccccc1)c1ccccc1)[C@@H](CCCN=C(NC(=O)OCc1ccccc1)NC(=O)OCc1ccccc1)C(N)=O. The normalized spacial score (nSPS) is 13.0. The summed E-state index contributed by atoms with van der Waals surface area (Å²) in [7, 11) is 1.78. The van der Waals surface area contributed by atoms with Gasteiger partial charge in [0.15, 0.2) is 6.04 Å². The van der Waals surface area contributed by atoms with Crippen molar-refractivity contribution < 1.29 is 33.1 Å². The van der Waals surface area contributed by atoms with Crippen molar-refractivity contribution in [1.82, 2.24) is 10.6 Å². The first-order chi connectivity index (χ1) is 27.2. The lowest BCUT2D eigenvalue weighted by Crippen LogP contribution is -2.63. The first-order valence-electron chi connectivity index (χ1n) is 18.5. The highest BCUT2D eigenvalue weighted by molar-refractivity contribution is 6.01. The second-order valence-electron chi connectivity index (χ2n) is 13.5. The van der Waals surface area contributed by atoms with Crippen molar-refractivity contribution in [2.24, 2.45) is 10.7 Å². The minimum absolute atomic E-state index is 0.00418. The Morgan fingerprint density at radius 1 is 0.625 bits per heavy atom. The molecule has 11 nitrogen and oxygen atoms in total. The number of amides is 4. The number of hydrogen-bond acceptors (Lipinski definition) is 7. The van der Waals surface area contributed by atoms with Gasteiger partial charge in [0.05, 0.1) is 7.05 Å². The van der Waals surface area contributed by atoms with E-state index in [1.807, 2.05) is 159 Å². The molecule has 0 fully saturated rings. The fourth-order valence-corrected chi connectivity index (χ4v) is 6.67. The third-order valence-electron chi connectivity index (χ3n) is 9.82. The highest BCUT2D eigenvalue weighted by Gasteiger charge is 2.51. The molecule has 1 unspecified atom stereocenters. The number of guanidine groups is 1. The molecule has 5 aromatic rings. The molecule has 4 amide bonds. The fourth-order valence-electron chi connectivity index (χ4n) is 6.67. The van der Waals surface area contributed by atoms with Crippen LogP contribution in [0.3, 0.4) is 0 Å². The van der Waals surface area contributed by atoms with Crippen LogP contribution >= 0.6 is 0 Å². The minimum Gasteiger partial charge on any atom is -0.444 e. The first kappa shape index (κ1) is 40.6. The van der Waals surface area contributed by atoms with E-state index in [0.29, 0.717) is 0 Å². The number of alkyl carbamates (subject to hydrolysis) is 2. The Bertz CT molecular complexity index is 1950. The number of aliphatic imine (C=N–C) groups is 1. The molecule has 5 rings (SSSR count). The summed E-state index contributed by atoms with van der Waals surface area (Å²) < 4.78 is 10.4. The molecule has 5 aromatic carbocycles. The van der Waals surface area contributed by atoms with Crippen LogP contribution in [0.4, 0.5) is 9.59 Å². The van der Waals surface area contributed by atoms with Gasteiger partial charge in [0.1, 0.15) is 25.2 Å². The number of nitrogens with two attached hydrogens (primary N) is 1. The van der Waals surface area contributed by atoms with Gasteiger partial charge in [-0.2, -0.15) is 0 Å². The van der Waals surface area contributed by atoms with E-state index < -0.39 is 36.1 Å². The fraction of sp³-hybridized carbons (Fsp3) is 0.222. The molecule has 288 valence electrons. The number of quaternary nitrogens is 1. The maximum absolute atomic E-state index is 15.3. The monoisotopic (exact) mass is 754 g/mol.